The molecule has 2 saturated heterocycles. The summed E-state index contributed by atoms with van der Waals surface area (Å²) in [5, 5.41) is 9.88. The molecule has 5 rings (SSSR count). The number of carbonyl (C=O) groups excluding carboxylic acids is 2. The molecule has 2 bridgehead atoms. The third-order valence-corrected chi connectivity index (χ3v) is 8.49. The van der Waals surface area contributed by atoms with Crippen LogP contribution in [0.1, 0.15) is 43.2 Å². The first-order chi connectivity index (χ1) is 19.0. The third-order valence-electron chi connectivity index (χ3n) is 8.49. The van der Waals surface area contributed by atoms with Crippen molar-refractivity contribution in [3.05, 3.63) is 59.7 Å². The minimum Gasteiger partial charge on any atom is -0.496 e. The molecule has 2 aromatic carbocycles. The minimum absolute atomic E-state index is 0.125. The number of ether oxygens (including phenoxy) is 2. The van der Waals surface area contributed by atoms with Crippen LogP contribution >= 0.6 is 0 Å². The number of benzene rings is 2. The van der Waals surface area contributed by atoms with Crippen molar-refractivity contribution in [3.63, 3.8) is 0 Å². The van der Waals surface area contributed by atoms with Crippen molar-refractivity contribution in [2.75, 3.05) is 46.4 Å². The van der Waals surface area contributed by atoms with E-state index >= 15 is 0 Å². The van der Waals surface area contributed by atoms with Crippen LogP contribution in [-0.2, 0) is 22.7 Å². The fourth-order valence-electron chi connectivity index (χ4n) is 6.30. The normalized spacial score (nSPS) is 24.7. The molecule has 3 aliphatic rings. The molecule has 0 saturated carbocycles. The van der Waals surface area contributed by atoms with E-state index in [1.165, 1.54) is 0 Å². The molecule has 3 heterocycles. The number of piperidine rings is 1. The maximum atomic E-state index is 13.7. The molecule has 0 aromatic heterocycles. The quantitative estimate of drug-likeness (QED) is 0.633. The van der Waals surface area contributed by atoms with Crippen molar-refractivity contribution in [2.45, 2.75) is 51.3 Å². The number of hydrogen-bond donors (Lipinski definition) is 1. The second kappa shape index (κ2) is 12.8. The highest BCUT2D eigenvalue weighted by Gasteiger charge is 2.35. The van der Waals surface area contributed by atoms with Gasteiger partial charge in [-0.25, -0.2) is 0 Å². The maximum Gasteiger partial charge on any atom is 0.236 e. The Bertz CT molecular complexity index is 1140. The first kappa shape index (κ1) is 27.5. The number of aliphatic hydroxyl groups is 1. The Hall–Kier alpha value is -3.10. The van der Waals surface area contributed by atoms with E-state index in [4.69, 9.17) is 9.47 Å². The van der Waals surface area contributed by atoms with Gasteiger partial charge < -0.3 is 24.4 Å². The monoisotopic (exact) mass is 535 g/mol. The van der Waals surface area contributed by atoms with Gasteiger partial charge in [0.15, 0.2) is 0 Å². The molecule has 8 heteroatoms. The largest absolute Gasteiger partial charge is 0.496 e. The van der Waals surface area contributed by atoms with E-state index in [1.807, 2.05) is 47.4 Å². The lowest BCUT2D eigenvalue weighted by Gasteiger charge is -2.39. The van der Waals surface area contributed by atoms with Crippen molar-refractivity contribution >= 4 is 11.8 Å². The lowest BCUT2D eigenvalue weighted by molar-refractivity contribution is -0.136. The van der Waals surface area contributed by atoms with Crippen LogP contribution in [0, 0.1) is 11.8 Å². The summed E-state index contributed by atoms with van der Waals surface area (Å²) < 4.78 is 11.9. The van der Waals surface area contributed by atoms with E-state index in [-0.39, 0.29) is 23.7 Å². The van der Waals surface area contributed by atoms with Crippen molar-refractivity contribution < 1.29 is 24.2 Å². The lowest BCUT2D eigenvalue weighted by Crippen LogP contribution is -2.48. The molecule has 3 atom stereocenters. The van der Waals surface area contributed by atoms with Gasteiger partial charge in [0.1, 0.15) is 11.5 Å². The summed E-state index contributed by atoms with van der Waals surface area (Å²) in [6, 6.07) is 16.0. The molecule has 2 aromatic rings. The number of fused-ring (bicyclic) bond motifs is 3. The second-order valence-electron chi connectivity index (χ2n) is 11.2. The highest BCUT2D eigenvalue weighted by atomic mass is 16.5. The van der Waals surface area contributed by atoms with E-state index in [9.17, 15) is 14.7 Å². The van der Waals surface area contributed by atoms with Crippen molar-refractivity contribution in [1.82, 2.24) is 14.7 Å². The molecule has 1 N–H and O–H groups in total. The van der Waals surface area contributed by atoms with Gasteiger partial charge in [-0.05, 0) is 49.7 Å². The second-order valence-corrected chi connectivity index (χ2v) is 11.2. The van der Waals surface area contributed by atoms with Crippen LogP contribution in [-0.4, -0.2) is 84.2 Å². The van der Waals surface area contributed by atoms with E-state index < -0.39 is 6.10 Å². The highest BCUT2D eigenvalue weighted by molar-refractivity contribution is 5.79. The average molecular weight is 536 g/mol. The van der Waals surface area contributed by atoms with Crippen molar-refractivity contribution in [1.29, 1.82) is 0 Å². The summed E-state index contributed by atoms with van der Waals surface area (Å²) >= 11 is 0. The molecular formula is C31H41N3O5. The van der Waals surface area contributed by atoms with Crippen LogP contribution in [0.25, 0.3) is 0 Å². The SMILES string of the molecule is COc1ccccc1CN1CC(=O)N2CC[C@@H](CC(=O)N3CC[C@@H](O)C3)[C@@H](CCCOc3ccccc3C1)C2. The minimum atomic E-state index is -0.405. The van der Waals surface area contributed by atoms with Gasteiger partial charge in [0.2, 0.25) is 11.8 Å². The van der Waals surface area contributed by atoms with Crippen LogP contribution < -0.4 is 9.47 Å². The summed E-state index contributed by atoms with van der Waals surface area (Å²) in [6.07, 6.45) is 3.36. The Labute approximate surface area is 231 Å². The summed E-state index contributed by atoms with van der Waals surface area (Å²) in [5.41, 5.74) is 2.10. The van der Waals surface area contributed by atoms with Gasteiger partial charge in [0, 0.05) is 56.8 Å². The van der Waals surface area contributed by atoms with Gasteiger partial charge in [0.05, 0.1) is 26.4 Å². The van der Waals surface area contributed by atoms with Crippen molar-refractivity contribution in [3.8, 4) is 11.5 Å². The standard InChI is InChI=1S/C31H41N3O5/c1-38-28-10-4-2-7-25(28)18-32-19-26-8-3-5-11-29(26)39-16-6-9-24-20-33(31(37)22-32)14-12-23(24)17-30(36)34-15-13-27(35)21-34/h2-5,7-8,10-11,23-24,27,35H,6,9,12-22H2,1H3/t23-,24-,27+/m0/s1. The number of para-hydroxylation sites is 2. The highest BCUT2D eigenvalue weighted by Crippen LogP contribution is 2.32. The van der Waals surface area contributed by atoms with E-state index in [0.29, 0.717) is 65.3 Å². The average Bonchev–Trinajstić information content (AvgIpc) is 3.39. The Morgan fingerprint density at radius 1 is 1.03 bits per heavy atom. The van der Waals surface area contributed by atoms with Crippen LogP contribution in [0.4, 0.5) is 0 Å². The topological polar surface area (TPSA) is 82.6 Å². The number of likely N-dealkylation sites (tertiary alicyclic amines) is 1. The van der Waals surface area contributed by atoms with Crippen LogP contribution in [0.15, 0.2) is 48.5 Å². The first-order valence-electron chi connectivity index (χ1n) is 14.3. The van der Waals surface area contributed by atoms with Gasteiger partial charge in [-0.15, -0.1) is 0 Å². The van der Waals surface area contributed by atoms with Gasteiger partial charge in [-0.2, -0.15) is 0 Å². The molecule has 2 amide bonds. The fraction of sp³-hybridized carbons (Fsp3) is 0.548. The summed E-state index contributed by atoms with van der Waals surface area (Å²) in [7, 11) is 1.67. The predicted octanol–water partition coefficient (Wildman–Crippen LogP) is 3.32. The summed E-state index contributed by atoms with van der Waals surface area (Å²) in [6.45, 7) is 4.51. The smallest absolute Gasteiger partial charge is 0.236 e. The molecule has 0 spiro atoms. The Kier molecular flexibility index (Phi) is 9.04. The van der Waals surface area contributed by atoms with Crippen LogP contribution in [0.3, 0.4) is 0 Å². The first-order valence-corrected chi connectivity index (χ1v) is 14.3. The van der Waals surface area contributed by atoms with E-state index in [1.54, 1.807) is 12.0 Å². The molecule has 0 radical (unpaired) electrons. The number of amides is 2. The predicted molar refractivity (Wildman–Crippen MR) is 148 cm³/mol. The molecule has 3 aliphatic heterocycles. The third kappa shape index (κ3) is 6.92. The van der Waals surface area contributed by atoms with Gasteiger partial charge in [0.25, 0.3) is 0 Å². The molecular weight excluding hydrogens is 494 g/mol. The van der Waals surface area contributed by atoms with Crippen LogP contribution in [0.5, 0.6) is 11.5 Å². The van der Waals surface area contributed by atoms with Crippen LogP contribution in [0.2, 0.25) is 0 Å². The number of rotatable bonds is 5. The zero-order valence-corrected chi connectivity index (χ0v) is 23.0. The van der Waals surface area contributed by atoms with Gasteiger partial charge >= 0.3 is 0 Å². The molecule has 39 heavy (non-hydrogen) atoms. The summed E-state index contributed by atoms with van der Waals surface area (Å²) in [4.78, 5) is 32.7. The molecule has 210 valence electrons. The maximum absolute atomic E-state index is 13.7. The zero-order chi connectivity index (χ0) is 27.2. The van der Waals surface area contributed by atoms with Gasteiger partial charge in [-0.3, -0.25) is 14.5 Å². The van der Waals surface area contributed by atoms with E-state index in [2.05, 4.69) is 11.0 Å². The number of methoxy groups -OCH3 is 1. The molecule has 0 aliphatic carbocycles. The Morgan fingerprint density at radius 3 is 2.67 bits per heavy atom. The number of β-amino-alcohol motifs (C(OH)–C–C–N with tert-alkyl or cyclic N) is 1. The fourth-order valence-corrected chi connectivity index (χ4v) is 6.30. The number of nitrogens with zero attached hydrogens (tertiary/aromatic N) is 3. The number of aliphatic hydroxyl groups excluding tert-OH is 1. The zero-order valence-electron chi connectivity index (χ0n) is 23.0. The van der Waals surface area contributed by atoms with Crippen molar-refractivity contribution in [2.24, 2.45) is 11.8 Å². The summed E-state index contributed by atoms with van der Waals surface area (Å²) in [5.74, 6) is 2.42. The molecule has 8 nitrogen and oxygen atoms in total. The number of hydrogen-bond acceptors (Lipinski definition) is 6. The lowest BCUT2D eigenvalue weighted by atomic mass is 9.80. The molecule has 0 unspecified atom stereocenters. The van der Waals surface area contributed by atoms with E-state index in [0.717, 1.165) is 41.9 Å². The van der Waals surface area contributed by atoms with Gasteiger partial charge in [-0.1, -0.05) is 36.4 Å². The molecule has 2 fully saturated rings. The Balaban J connectivity index is 1.34. The number of carbonyl (C=O) groups is 2. The Morgan fingerprint density at radius 2 is 1.85 bits per heavy atom.